The van der Waals surface area contributed by atoms with E-state index in [-0.39, 0.29) is 16.2 Å². The van der Waals surface area contributed by atoms with E-state index in [4.69, 9.17) is 9.88 Å². The van der Waals surface area contributed by atoms with Crippen molar-refractivity contribution in [1.29, 1.82) is 0 Å². The summed E-state index contributed by atoms with van der Waals surface area (Å²) in [7, 11) is -4.21. The lowest BCUT2D eigenvalue weighted by atomic mass is 10.0. The molecule has 2 rings (SSSR count). The smallest absolute Gasteiger partial charge is 0.336 e. The molecule has 0 unspecified atom stereocenters. The zero-order valence-corrected chi connectivity index (χ0v) is 15.5. The van der Waals surface area contributed by atoms with Crippen molar-refractivity contribution in [1.82, 2.24) is 0 Å². The fourth-order valence-corrected chi connectivity index (χ4v) is 3.28. The number of carboxylic acid groups (broad SMARTS) is 1. The van der Waals surface area contributed by atoms with Crippen LogP contribution in [0.25, 0.3) is 0 Å². The average Bonchev–Trinajstić information content (AvgIpc) is 2.59. The van der Waals surface area contributed by atoms with Crippen LogP contribution in [0.5, 0.6) is 11.5 Å². The third kappa shape index (κ3) is 4.33. The lowest BCUT2D eigenvalue weighted by Gasteiger charge is -2.20. The van der Waals surface area contributed by atoms with E-state index in [0.717, 1.165) is 12.5 Å². The number of benzene rings is 2. The van der Waals surface area contributed by atoms with Gasteiger partial charge in [-0.1, -0.05) is 32.0 Å². The zero-order chi connectivity index (χ0) is 19.3. The highest BCUT2D eigenvalue weighted by Gasteiger charge is 2.27. The number of anilines is 1. The Morgan fingerprint density at radius 3 is 2.38 bits per heavy atom. The summed E-state index contributed by atoms with van der Waals surface area (Å²) in [6, 6.07) is 9.70. The van der Waals surface area contributed by atoms with Crippen molar-refractivity contribution in [3.8, 4) is 11.5 Å². The van der Waals surface area contributed by atoms with Crippen LogP contribution in [-0.2, 0) is 16.4 Å². The number of nitrogens with one attached hydrogen (secondary N) is 1. The number of carbonyl (C=O) groups is 1. The van der Waals surface area contributed by atoms with Crippen LogP contribution < -0.4 is 15.2 Å². The van der Waals surface area contributed by atoms with Gasteiger partial charge in [-0.3, -0.25) is 0 Å². The predicted octanol–water partition coefficient (Wildman–Crippen LogP) is 3.21. The number of para-hydroxylation sites is 1. The topological polar surface area (TPSA) is 119 Å². The van der Waals surface area contributed by atoms with Crippen LogP contribution in [0.2, 0.25) is 0 Å². The van der Waals surface area contributed by atoms with E-state index in [0.29, 0.717) is 30.0 Å². The molecule has 2 aromatic carbocycles. The molecular formula is C18H22N2O5S. The second-order valence-electron chi connectivity index (χ2n) is 5.65. The van der Waals surface area contributed by atoms with E-state index in [1.54, 1.807) is 37.3 Å². The van der Waals surface area contributed by atoms with E-state index in [1.165, 1.54) is 0 Å². The van der Waals surface area contributed by atoms with Crippen molar-refractivity contribution in [2.24, 2.45) is 5.14 Å². The Bertz CT molecular complexity index is 896. The van der Waals surface area contributed by atoms with E-state index in [9.17, 15) is 18.3 Å². The Labute approximate surface area is 152 Å². The van der Waals surface area contributed by atoms with Crippen LogP contribution in [0.4, 0.5) is 5.69 Å². The van der Waals surface area contributed by atoms with Crippen LogP contribution in [0, 0.1) is 0 Å². The molecule has 0 aromatic heterocycles. The van der Waals surface area contributed by atoms with Crippen molar-refractivity contribution in [2.75, 3.05) is 11.9 Å². The summed E-state index contributed by atoms with van der Waals surface area (Å²) in [6.45, 7) is 4.26. The molecule has 0 amide bonds. The number of rotatable bonds is 8. The summed E-state index contributed by atoms with van der Waals surface area (Å²) in [5.74, 6) is -0.798. The number of hydrogen-bond acceptors (Lipinski definition) is 5. The largest absolute Gasteiger partial charge is 0.478 e. The van der Waals surface area contributed by atoms with Gasteiger partial charge in [-0.15, -0.1) is 0 Å². The first-order valence-corrected chi connectivity index (χ1v) is 9.76. The summed E-state index contributed by atoms with van der Waals surface area (Å²) in [5, 5.41) is 18.0. The second-order valence-corrected chi connectivity index (χ2v) is 7.18. The summed E-state index contributed by atoms with van der Waals surface area (Å²) in [5.41, 5.74) is 0.682. The molecule has 0 aliphatic carbocycles. The first-order valence-electron chi connectivity index (χ1n) is 8.22. The third-order valence-electron chi connectivity index (χ3n) is 3.76. The first kappa shape index (κ1) is 19.7. The SMILES string of the molecule is CCCNc1c(CC)c(C(=O)O)cc(S(N)(=O)=O)c1Oc1ccccc1. The van der Waals surface area contributed by atoms with Gasteiger partial charge < -0.3 is 15.2 Å². The number of ether oxygens (including phenoxy) is 1. The van der Waals surface area contributed by atoms with Gasteiger partial charge in [0.15, 0.2) is 5.75 Å². The van der Waals surface area contributed by atoms with Crippen LogP contribution in [-0.4, -0.2) is 26.0 Å². The number of nitrogens with two attached hydrogens (primary N) is 1. The van der Waals surface area contributed by atoms with Crippen LogP contribution in [0.3, 0.4) is 0 Å². The van der Waals surface area contributed by atoms with Crippen molar-refractivity contribution in [2.45, 2.75) is 31.6 Å². The minimum Gasteiger partial charge on any atom is -0.478 e. The molecule has 26 heavy (non-hydrogen) atoms. The molecule has 0 atom stereocenters. The van der Waals surface area contributed by atoms with Gasteiger partial charge >= 0.3 is 5.97 Å². The number of carboxylic acids is 1. The minimum atomic E-state index is -4.21. The lowest BCUT2D eigenvalue weighted by molar-refractivity contribution is 0.0695. The highest BCUT2D eigenvalue weighted by atomic mass is 32.2. The van der Waals surface area contributed by atoms with Crippen molar-refractivity contribution in [3.05, 3.63) is 47.5 Å². The molecule has 8 heteroatoms. The van der Waals surface area contributed by atoms with Crippen molar-refractivity contribution >= 4 is 21.7 Å². The number of primary sulfonamides is 1. The zero-order valence-electron chi connectivity index (χ0n) is 14.7. The molecule has 0 saturated heterocycles. The molecule has 0 bridgehead atoms. The summed E-state index contributed by atoms with van der Waals surface area (Å²) in [4.78, 5) is 11.3. The molecule has 0 heterocycles. The molecule has 7 nitrogen and oxygen atoms in total. The van der Waals surface area contributed by atoms with E-state index in [2.05, 4.69) is 5.32 Å². The maximum atomic E-state index is 12.1. The van der Waals surface area contributed by atoms with Gasteiger partial charge in [-0.05, 0) is 36.6 Å². The summed E-state index contributed by atoms with van der Waals surface area (Å²) < 4.78 is 30.1. The molecule has 0 radical (unpaired) electrons. The molecule has 0 aliphatic rings. The van der Waals surface area contributed by atoms with Crippen LogP contribution in [0.1, 0.15) is 36.2 Å². The second kappa shape index (κ2) is 8.20. The van der Waals surface area contributed by atoms with Gasteiger partial charge in [0.2, 0.25) is 10.0 Å². The van der Waals surface area contributed by atoms with Crippen LogP contribution in [0.15, 0.2) is 41.3 Å². The molecule has 0 fully saturated rings. The monoisotopic (exact) mass is 378 g/mol. The van der Waals surface area contributed by atoms with Gasteiger partial charge in [-0.25, -0.2) is 18.4 Å². The Morgan fingerprint density at radius 1 is 1.23 bits per heavy atom. The normalized spacial score (nSPS) is 11.2. The Morgan fingerprint density at radius 2 is 1.88 bits per heavy atom. The van der Waals surface area contributed by atoms with Crippen molar-refractivity contribution in [3.63, 3.8) is 0 Å². The Kier molecular flexibility index (Phi) is 6.23. The lowest BCUT2D eigenvalue weighted by Crippen LogP contribution is -2.18. The fourth-order valence-electron chi connectivity index (χ4n) is 2.59. The minimum absolute atomic E-state index is 0.00833. The quantitative estimate of drug-likeness (QED) is 0.649. The number of aromatic carboxylic acids is 1. The van der Waals surface area contributed by atoms with Gasteiger partial charge in [0.1, 0.15) is 10.6 Å². The molecule has 2 aromatic rings. The van der Waals surface area contributed by atoms with E-state index in [1.807, 2.05) is 6.92 Å². The molecule has 4 N–H and O–H groups in total. The maximum absolute atomic E-state index is 12.1. The van der Waals surface area contributed by atoms with E-state index < -0.39 is 16.0 Å². The highest BCUT2D eigenvalue weighted by Crippen LogP contribution is 2.40. The number of sulfonamides is 1. The first-order chi connectivity index (χ1) is 12.3. The average molecular weight is 378 g/mol. The highest BCUT2D eigenvalue weighted by molar-refractivity contribution is 7.89. The Hall–Kier alpha value is -2.58. The predicted molar refractivity (Wildman–Crippen MR) is 99.4 cm³/mol. The molecule has 140 valence electrons. The molecular weight excluding hydrogens is 356 g/mol. The fraction of sp³-hybridized carbons (Fsp3) is 0.278. The van der Waals surface area contributed by atoms with Crippen LogP contribution >= 0.6 is 0 Å². The Balaban J connectivity index is 2.80. The molecule has 0 spiro atoms. The standard InChI is InChI=1S/C18H22N2O5S/c1-3-10-20-16-13(4-2)14(18(21)22)11-15(26(19,23)24)17(16)25-12-8-6-5-7-9-12/h5-9,11,20H,3-4,10H2,1-2H3,(H,21,22)(H2,19,23,24). The maximum Gasteiger partial charge on any atom is 0.336 e. The van der Waals surface area contributed by atoms with Gasteiger partial charge in [0.05, 0.1) is 11.3 Å². The van der Waals surface area contributed by atoms with Gasteiger partial charge in [0, 0.05) is 6.54 Å². The van der Waals surface area contributed by atoms with E-state index >= 15 is 0 Å². The number of hydrogen-bond donors (Lipinski definition) is 3. The summed E-state index contributed by atoms with van der Waals surface area (Å²) in [6.07, 6.45) is 1.14. The third-order valence-corrected chi connectivity index (χ3v) is 4.67. The molecule has 0 aliphatic heterocycles. The van der Waals surface area contributed by atoms with Crippen molar-refractivity contribution < 1.29 is 23.1 Å². The molecule has 0 saturated carbocycles. The summed E-state index contributed by atoms with van der Waals surface area (Å²) >= 11 is 0. The van der Waals surface area contributed by atoms with Gasteiger partial charge in [0.25, 0.3) is 0 Å². The van der Waals surface area contributed by atoms with Gasteiger partial charge in [-0.2, -0.15) is 0 Å².